The zero-order valence-electron chi connectivity index (χ0n) is 20.3. The lowest BCUT2D eigenvalue weighted by molar-refractivity contribution is -0.119. The predicted molar refractivity (Wildman–Crippen MR) is 134 cm³/mol. The standard InChI is InChI=1S/C23H30N6O6S/c1-14-4-6-16(36(25,32)33)12-17(14)27-22(31)18-13-29(9-8-26-18)23(24)28-21(30)11-15-5-7-19(34-2)20(10-15)35-3/h4-7,10,12,18,26H,8-9,11,13H2,1-3H3,(H,27,31)(H2,24,28,30)(H2,25,32,33)/t18-/m0/s1. The average Bonchev–Trinajstić information content (AvgIpc) is 2.84. The molecule has 0 bridgehead atoms. The summed E-state index contributed by atoms with van der Waals surface area (Å²) in [5.41, 5.74) is 1.68. The number of hydrogen-bond donors (Lipinski definition) is 5. The van der Waals surface area contributed by atoms with E-state index in [4.69, 9.17) is 20.0 Å². The quantitative estimate of drug-likeness (QED) is 0.254. The van der Waals surface area contributed by atoms with Crippen LogP contribution in [0.15, 0.2) is 41.3 Å². The molecule has 0 unspecified atom stereocenters. The molecule has 6 N–H and O–H groups in total. The molecule has 0 aromatic heterocycles. The van der Waals surface area contributed by atoms with Crippen molar-refractivity contribution in [2.45, 2.75) is 24.3 Å². The first-order valence-corrected chi connectivity index (χ1v) is 12.6. The zero-order valence-corrected chi connectivity index (χ0v) is 21.1. The minimum Gasteiger partial charge on any atom is -0.493 e. The van der Waals surface area contributed by atoms with Crippen molar-refractivity contribution < 1.29 is 27.5 Å². The van der Waals surface area contributed by atoms with E-state index in [1.165, 1.54) is 26.4 Å². The van der Waals surface area contributed by atoms with E-state index in [2.05, 4.69) is 16.0 Å². The maximum absolute atomic E-state index is 12.9. The van der Waals surface area contributed by atoms with Gasteiger partial charge >= 0.3 is 0 Å². The molecular weight excluding hydrogens is 488 g/mol. The molecule has 3 rings (SSSR count). The highest BCUT2D eigenvalue weighted by Gasteiger charge is 2.28. The molecular formula is C23H30N6O6S. The van der Waals surface area contributed by atoms with Crippen LogP contribution in [-0.2, 0) is 26.0 Å². The summed E-state index contributed by atoms with van der Waals surface area (Å²) in [6.07, 6.45) is 0.0262. The van der Waals surface area contributed by atoms with Crippen LogP contribution in [0.3, 0.4) is 0 Å². The van der Waals surface area contributed by atoms with Crippen LogP contribution in [0.25, 0.3) is 0 Å². The first-order chi connectivity index (χ1) is 17.0. The third kappa shape index (κ3) is 6.71. The fourth-order valence-electron chi connectivity index (χ4n) is 3.69. The van der Waals surface area contributed by atoms with Crippen molar-refractivity contribution in [3.05, 3.63) is 47.5 Å². The van der Waals surface area contributed by atoms with Gasteiger partial charge in [0.05, 0.1) is 25.5 Å². The summed E-state index contributed by atoms with van der Waals surface area (Å²) < 4.78 is 33.7. The molecule has 13 heteroatoms. The number of nitrogens with two attached hydrogens (primary N) is 1. The smallest absolute Gasteiger partial charge is 0.243 e. The number of methoxy groups -OCH3 is 2. The Morgan fingerprint density at radius 1 is 1.17 bits per heavy atom. The van der Waals surface area contributed by atoms with Crippen LogP contribution >= 0.6 is 0 Å². The van der Waals surface area contributed by atoms with Crippen LogP contribution in [0.1, 0.15) is 11.1 Å². The molecule has 2 aromatic carbocycles. The number of carbonyl (C=O) groups is 2. The monoisotopic (exact) mass is 518 g/mol. The third-order valence-electron chi connectivity index (χ3n) is 5.67. The SMILES string of the molecule is COc1ccc(CC(=O)NC(=N)N2CCN[C@H](C(=O)Nc3cc(S(N)(=O)=O)ccc3C)C2)cc1OC. The van der Waals surface area contributed by atoms with Crippen LogP contribution in [0.2, 0.25) is 0 Å². The molecule has 1 fully saturated rings. The molecule has 0 aliphatic carbocycles. The van der Waals surface area contributed by atoms with E-state index in [1.54, 1.807) is 36.1 Å². The van der Waals surface area contributed by atoms with Crippen molar-refractivity contribution in [3.8, 4) is 11.5 Å². The summed E-state index contributed by atoms with van der Waals surface area (Å²) >= 11 is 0. The third-order valence-corrected chi connectivity index (χ3v) is 6.59. The summed E-state index contributed by atoms with van der Waals surface area (Å²) in [5.74, 6) is 0.137. The molecule has 0 spiro atoms. The van der Waals surface area contributed by atoms with Gasteiger partial charge < -0.3 is 25.0 Å². The number of nitrogens with one attached hydrogen (secondary N) is 4. The van der Waals surface area contributed by atoms with Gasteiger partial charge in [-0.2, -0.15) is 0 Å². The number of sulfonamides is 1. The number of carbonyl (C=O) groups excluding carboxylic acids is 2. The number of piperazine rings is 1. The number of rotatable bonds is 7. The van der Waals surface area contributed by atoms with E-state index in [1.807, 2.05) is 0 Å². The van der Waals surface area contributed by atoms with Crippen molar-refractivity contribution in [3.63, 3.8) is 0 Å². The van der Waals surface area contributed by atoms with Gasteiger partial charge in [0.25, 0.3) is 0 Å². The molecule has 1 aliphatic heterocycles. The summed E-state index contributed by atoms with van der Waals surface area (Å²) in [6.45, 7) is 2.68. The van der Waals surface area contributed by atoms with Crippen molar-refractivity contribution in [2.24, 2.45) is 5.14 Å². The van der Waals surface area contributed by atoms with Crippen molar-refractivity contribution in [1.82, 2.24) is 15.5 Å². The number of anilines is 1. The number of ether oxygens (including phenoxy) is 2. The Labute approximate surface area is 209 Å². The molecule has 1 aliphatic rings. The van der Waals surface area contributed by atoms with Gasteiger partial charge in [0.2, 0.25) is 21.8 Å². The molecule has 2 aromatic rings. The number of nitrogens with zero attached hydrogens (tertiary/aromatic N) is 1. The van der Waals surface area contributed by atoms with Crippen LogP contribution in [0.5, 0.6) is 11.5 Å². The number of amides is 2. The van der Waals surface area contributed by atoms with Gasteiger partial charge in [0.1, 0.15) is 6.04 Å². The highest BCUT2D eigenvalue weighted by atomic mass is 32.2. The molecule has 1 atom stereocenters. The first-order valence-electron chi connectivity index (χ1n) is 11.0. The highest BCUT2D eigenvalue weighted by Crippen LogP contribution is 2.27. The molecule has 0 radical (unpaired) electrons. The van der Waals surface area contributed by atoms with Crippen LogP contribution in [-0.4, -0.2) is 71.0 Å². The number of primary sulfonamides is 1. The summed E-state index contributed by atoms with van der Waals surface area (Å²) in [5, 5.41) is 21.9. The second-order valence-electron chi connectivity index (χ2n) is 8.23. The summed E-state index contributed by atoms with van der Waals surface area (Å²) in [6, 6.07) is 8.67. The van der Waals surface area contributed by atoms with Gasteiger partial charge in [-0.25, -0.2) is 13.6 Å². The number of hydrogen-bond acceptors (Lipinski definition) is 8. The van der Waals surface area contributed by atoms with Gasteiger partial charge in [-0.3, -0.25) is 20.3 Å². The Morgan fingerprint density at radius 3 is 2.56 bits per heavy atom. The Hall–Kier alpha value is -3.68. The minimum atomic E-state index is -3.92. The van der Waals surface area contributed by atoms with E-state index in [0.717, 1.165) is 0 Å². The highest BCUT2D eigenvalue weighted by molar-refractivity contribution is 7.89. The topological polar surface area (TPSA) is 176 Å². The molecule has 36 heavy (non-hydrogen) atoms. The predicted octanol–water partition coefficient (Wildman–Crippen LogP) is 0.166. The zero-order chi connectivity index (χ0) is 26.5. The van der Waals surface area contributed by atoms with E-state index < -0.39 is 22.0 Å². The fraction of sp³-hybridized carbons (Fsp3) is 0.348. The number of guanidine groups is 1. The molecule has 2 amide bonds. The van der Waals surface area contributed by atoms with Gasteiger partial charge in [-0.05, 0) is 42.3 Å². The average molecular weight is 519 g/mol. The molecule has 1 saturated heterocycles. The largest absolute Gasteiger partial charge is 0.493 e. The van der Waals surface area contributed by atoms with E-state index in [9.17, 15) is 18.0 Å². The maximum Gasteiger partial charge on any atom is 0.243 e. The van der Waals surface area contributed by atoms with Gasteiger partial charge in [-0.1, -0.05) is 12.1 Å². The van der Waals surface area contributed by atoms with Crippen LogP contribution < -0.4 is 30.6 Å². The second-order valence-corrected chi connectivity index (χ2v) is 9.79. The van der Waals surface area contributed by atoms with Crippen LogP contribution in [0.4, 0.5) is 5.69 Å². The van der Waals surface area contributed by atoms with Gasteiger partial charge in [0, 0.05) is 25.3 Å². The van der Waals surface area contributed by atoms with Crippen molar-refractivity contribution >= 4 is 33.5 Å². The van der Waals surface area contributed by atoms with Crippen molar-refractivity contribution in [2.75, 3.05) is 39.2 Å². The first kappa shape index (κ1) is 26.9. The maximum atomic E-state index is 12.9. The van der Waals surface area contributed by atoms with Gasteiger partial charge in [0.15, 0.2) is 17.5 Å². The lowest BCUT2D eigenvalue weighted by Gasteiger charge is -2.34. The fourth-order valence-corrected chi connectivity index (χ4v) is 4.23. The van der Waals surface area contributed by atoms with Gasteiger partial charge in [-0.15, -0.1) is 0 Å². The molecule has 1 heterocycles. The van der Waals surface area contributed by atoms with E-state index >= 15 is 0 Å². The lowest BCUT2D eigenvalue weighted by Crippen LogP contribution is -2.59. The Morgan fingerprint density at radius 2 is 1.89 bits per heavy atom. The van der Waals surface area contributed by atoms with Crippen LogP contribution in [0, 0.1) is 12.3 Å². The van der Waals surface area contributed by atoms with Crippen molar-refractivity contribution in [1.29, 1.82) is 5.41 Å². The summed E-state index contributed by atoms with van der Waals surface area (Å²) in [7, 11) is -0.892. The summed E-state index contributed by atoms with van der Waals surface area (Å²) in [4.78, 5) is 26.9. The Kier molecular flexibility index (Phi) is 8.50. The lowest BCUT2D eigenvalue weighted by atomic mass is 10.1. The normalized spacial score (nSPS) is 15.7. The number of aryl methyl sites for hydroxylation is 1. The van der Waals surface area contributed by atoms with E-state index in [-0.39, 0.29) is 29.7 Å². The molecule has 12 nitrogen and oxygen atoms in total. The number of benzene rings is 2. The molecule has 0 saturated carbocycles. The minimum absolute atomic E-state index is 0.0262. The Balaban J connectivity index is 1.60. The Bertz CT molecular complexity index is 1270. The van der Waals surface area contributed by atoms with E-state index in [0.29, 0.717) is 41.4 Å². The second kappa shape index (κ2) is 11.4. The molecule has 194 valence electrons.